The summed E-state index contributed by atoms with van der Waals surface area (Å²) in [6, 6.07) is 18.6. The Balaban J connectivity index is 0.00000385. The lowest BCUT2D eigenvalue weighted by molar-refractivity contribution is 0.0996. The first-order valence-corrected chi connectivity index (χ1v) is 10.3. The number of nitrogens with zero attached hydrogens (tertiary/aromatic N) is 1. The first kappa shape index (κ1) is 26.2. The molecule has 0 atom stereocenters. The number of hydrogen-bond acceptors (Lipinski definition) is 5. The molecule has 3 N–H and O–H groups in total. The van der Waals surface area contributed by atoms with Gasteiger partial charge >= 0.3 is 0 Å². The van der Waals surface area contributed by atoms with Crippen LogP contribution in [0.1, 0.15) is 22.5 Å². The molecular formula is C24H29IN4O4. The smallest absolute Gasteiger partial charge is 0.291 e. The average molecular weight is 564 g/mol. The minimum Gasteiger partial charge on any atom is -0.493 e. The van der Waals surface area contributed by atoms with Gasteiger partial charge in [-0.25, -0.2) is 0 Å². The SMILES string of the molecule is CN=C(NCc1ccc(NC(=O)c2ccco2)cc1)Nc1cccc(OCCCOC)c1.I. The van der Waals surface area contributed by atoms with Gasteiger partial charge in [-0.1, -0.05) is 18.2 Å². The van der Waals surface area contributed by atoms with E-state index in [4.69, 9.17) is 13.9 Å². The van der Waals surface area contributed by atoms with E-state index in [1.807, 2.05) is 48.5 Å². The van der Waals surface area contributed by atoms with Gasteiger partial charge in [0, 0.05) is 51.2 Å². The molecule has 0 aliphatic heterocycles. The van der Waals surface area contributed by atoms with Crippen LogP contribution in [0.3, 0.4) is 0 Å². The quantitative estimate of drug-likeness (QED) is 0.142. The molecule has 0 fully saturated rings. The number of aliphatic imine (C=N–C) groups is 1. The molecule has 176 valence electrons. The average Bonchev–Trinajstić information content (AvgIpc) is 3.36. The van der Waals surface area contributed by atoms with Gasteiger partial charge in [0.05, 0.1) is 12.9 Å². The summed E-state index contributed by atoms with van der Waals surface area (Å²) in [4.78, 5) is 16.3. The van der Waals surface area contributed by atoms with Crippen LogP contribution < -0.4 is 20.7 Å². The number of furan rings is 1. The molecule has 3 aromatic rings. The van der Waals surface area contributed by atoms with Gasteiger partial charge in [-0.15, -0.1) is 24.0 Å². The van der Waals surface area contributed by atoms with Crippen molar-refractivity contribution in [2.75, 3.05) is 38.0 Å². The fourth-order valence-electron chi connectivity index (χ4n) is 2.86. The number of ether oxygens (including phenoxy) is 2. The van der Waals surface area contributed by atoms with E-state index in [1.165, 1.54) is 6.26 Å². The maximum atomic E-state index is 12.0. The minimum absolute atomic E-state index is 0. The first-order chi connectivity index (χ1) is 15.7. The number of halogens is 1. The van der Waals surface area contributed by atoms with E-state index in [2.05, 4.69) is 20.9 Å². The topological polar surface area (TPSA) is 97.1 Å². The Morgan fingerprint density at radius 3 is 2.52 bits per heavy atom. The van der Waals surface area contributed by atoms with Gasteiger partial charge in [0.1, 0.15) is 5.75 Å². The number of anilines is 2. The van der Waals surface area contributed by atoms with Crippen LogP contribution in [0.2, 0.25) is 0 Å². The summed E-state index contributed by atoms with van der Waals surface area (Å²) >= 11 is 0. The summed E-state index contributed by atoms with van der Waals surface area (Å²) in [5.41, 5.74) is 2.61. The van der Waals surface area contributed by atoms with Crippen LogP contribution in [0.15, 0.2) is 76.3 Å². The molecule has 33 heavy (non-hydrogen) atoms. The normalized spacial score (nSPS) is 10.8. The van der Waals surface area contributed by atoms with Gasteiger partial charge in [-0.2, -0.15) is 0 Å². The summed E-state index contributed by atoms with van der Waals surface area (Å²) in [6.45, 7) is 1.84. The van der Waals surface area contributed by atoms with E-state index >= 15 is 0 Å². The van der Waals surface area contributed by atoms with E-state index in [0.717, 1.165) is 23.4 Å². The van der Waals surface area contributed by atoms with Crippen LogP contribution in [0.25, 0.3) is 0 Å². The van der Waals surface area contributed by atoms with Crippen LogP contribution in [0.5, 0.6) is 5.75 Å². The highest BCUT2D eigenvalue weighted by Gasteiger charge is 2.08. The lowest BCUT2D eigenvalue weighted by Crippen LogP contribution is -2.30. The molecule has 0 unspecified atom stereocenters. The molecule has 0 aliphatic carbocycles. The monoisotopic (exact) mass is 564 g/mol. The van der Waals surface area contributed by atoms with Crippen molar-refractivity contribution >= 4 is 47.2 Å². The molecular weight excluding hydrogens is 535 g/mol. The van der Waals surface area contributed by atoms with Crippen molar-refractivity contribution in [3.8, 4) is 5.75 Å². The molecule has 0 spiro atoms. The second-order valence-electron chi connectivity index (χ2n) is 6.90. The summed E-state index contributed by atoms with van der Waals surface area (Å²) in [7, 11) is 3.39. The van der Waals surface area contributed by atoms with Crippen molar-refractivity contribution in [1.82, 2.24) is 5.32 Å². The van der Waals surface area contributed by atoms with E-state index in [-0.39, 0.29) is 35.6 Å². The third-order valence-electron chi connectivity index (χ3n) is 4.50. The number of methoxy groups -OCH3 is 1. The number of nitrogens with one attached hydrogen (secondary N) is 3. The standard InChI is InChI=1S/C24H28N4O4.HI/c1-25-24(28-20-6-3-7-21(16-20)31-15-5-13-30-2)26-17-18-9-11-19(12-10-18)27-23(29)22-8-4-14-32-22;/h3-4,6-12,14,16H,5,13,15,17H2,1-2H3,(H,27,29)(H2,25,26,28);1H. The van der Waals surface area contributed by atoms with Crippen LogP contribution in [-0.2, 0) is 11.3 Å². The maximum Gasteiger partial charge on any atom is 0.291 e. The van der Waals surface area contributed by atoms with Crippen molar-refractivity contribution in [3.05, 3.63) is 78.3 Å². The van der Waals surface area contributed by atoms with Crippen molar-refractivity contribution in [2.45, 2.75) is 13.0 Å². The molecule has 1 heterocycles. The Labute approximate surface area is 210 Å². The highest BCUT2D eigenvalue weighted by atomic mass is 127. The van der Waals surface area contributed by atoms with E-state index < -0.39 is 0 Å². The first-order valence-electron chi connectivity index (χ1n) is 10.3. The van der Waals surface area contributed by atoms with Gasteiger partial charge in [-0.3, -0.25) is 9.79 Å². The lowest BCUT2D eigenvalue weighted by atomic mass is 10.2. The number of carbonyl (C=O) groups is 1. The molecule has 9 heteroatoms. The fraction of sp³-hybridized carbons (Fsp3) is 0.250. The van der Waals surface area contributed by atoms with Gasteiger partial charge in [-0.05, 0) is 42.0 Å². The zero-order chi connectivity index (χ0) is 22.6. The lowest BCUT2D eigenvalue weighted by Gasteiger charge is -2.13. The maximum absolute atomic E-state index is 12.0. The van der Waals surface area contributed by atoms with Crippen molar-refractivity contribution in [1.29, 1.82) is 0 Å². The zero-order valence-electron chi connectivity index (χ0n) is 18.7. The Morgan fingerprint density at radius 2 is 1.82 bits per heavy atom. The summed E-state index contributed by atoms with van der Waals surface area (Å²) in [5.74, 6) is 1.41. The highest BCUT2D eigenvalue weighted by molar-refractivity contribution is 14.0. The predicted octanol–water partition coefficient (Wildman–Crippen LogP) is 4.75. The molecule has 0 bridgehead atoms. The van der Waals surface area contributed by atoms with Gasteiger partial charge in [0.2, 0.25) is 0 Å². The minimum atomic E-state index is -0.282. The highest BCUT2D eigenvalue weighted by Crippen LogP contribution is 2.18. The number of benzene rings is 2. The molecule has 0 radical (unpaired) electrons. The number of hydrogen-bond donors (Lipinski definition) is 3. The number of guanidine groups is 1. The largest absolute Gasteiger partial charge is 0.493 e. The molecule has 0 aliphatic rings. The van der Waals surface area contributed by atoms with Crippen LogP contribution in [0, 0.1) is 0 Å². The van der Waals surface area contributed by atoms with Crippen molar-refractivity contribution in [2.24, 2.45) is 4.99 Å². The Morgan fingerprint density at radius 1 is 1.00 bits per heavy atom. The van der Waals surface area contributed by atoms with Gasteiger partial charge in [0.15, 0.2) is 11.7 Å². The number of amides is 1. The second-order valence-corrected chi connectivity index (χ2v) is 6.90. The summed E-state index contributed by atoms with van der Waals surface area (Å²) in [6.07, 6.45) is 2.31. The molecule has 1 amide bonds. The molecule has 0 saturated heterocycles. The third-order valence-corrected chi connectivity index (χ3v) is 4.50. The number of rotatable bonds is 10. The summed E-state index contributed by atoms with van der Waals surface area (Å²) in [5, 5.41) is 9.34. The Hall–Kier alpha value is -3.05. The van der Waals surface area contributed by atoms with Gasteiger partial charge in [0.25, 0.3) is 5.91 Å². The van der Waals surface area contributed by atoms with E-state index in [0.29, 0.717) is 31.4 Å². The van der Waals surface area contributed by atoms with Crippen LogP contribution >= 0.6 is 24.0 Å². The molecule has 0 saturated carbocycles. The third kappa shape index (κ3) is 8.78. The fourth-order valence-corrected chi connectivity index (χ4v) is 2.86. The molecule has 3 rings (SSSR count). The Bertz CT molecular complexity index is 1010. The van der Waals surface area contributed by atoms with Crippen LogP contribution in [-0.4, -0.2) is 39.2 Å². The van der Waals surface area contributed by atoms with Crippen molar-refractivity contribution < 1.29 is 18.7 Å². The molecule has 2 aromatic carbocycles. The van der Waals surface area contributed by atoms with E-state index in [1.54, 1.807) is 26.3 Å². The molecule has 1 aromatic heterocycles. The predicted molar refractivity (Wildman–Crippen MR) is 141 cm³/mol. The van der Waals surface area contributed by atoms with Crippen LogP contribution in [0.4, 0.5) is 11.4 Å². The van der Waals surface area contributed by atoms with Crippen molar-refractivity contribution in [3.63, 3.8) is 0 Å². The number of carbonyl (C=O) groups excluding carboxylic acids is 1. The molecule has 8 nitrogen and oxygen atoms in total. The second kappa shape index (κ2) is 14.2. The Kier molecular flexibility index (Phi) is 11.3. The zero-order valence-corrected chi connectivity index (χ0v) is 21.0. The summed E-state index contributed by atoms with van der Waals surface area (Å²) < 4.78 is 15.9. The van der Waals surface area contributed by atoms with E-state index in [9.17, 15) is 4.79 Å². The van der Waals surface area contributed by atoms with Gasteiger partial charge < -0.3 is 29.8 Å².